The monoisotopic (exact) mass is 219 g/mol. The average molecular weight is 219 g/mol. The molecule has 0 radical (unpaired) electrons. The Hall–Kier alpha value is -0.865. The highest BCUT2D eigenvalue weighted by atomic mass is 16.7. The van der Waals surface area contributed by atoms with Gasteiger partial charge in [0.1, 0.15) is 0 Å². The highest BCUT2D eigenvalue weighted by Crippen LogP contribution is 2.39. The van der Waals surface area contributed by atoms with Crippen molar-refractivity contribution >= 4 is 12.8 Å². The maximum absolute atomic E-state index is 7.49. The number of rotatable bonds is 1. The molecule has 2 aliphatic rings. The molecule has 1 N–H and O–H groups in total. The van der Waals surface area contributed by atoms with E-state index in [1.54, 1.807) is 6.08 Å². The van der Waals surface area contributed by atoms with Gasteiger partial charge in [0.05, 0.1) is 11.2 Å². The van der Waals surface area contributed by atoms with Crippen LogP contribution in [0.3, 0.4) is 0 Å². The van der Waals surface area contributed by atoms with Gasteiger partial charge >= 0.3 is 7.12 Å². The SMILES string of the molecule is CC1(C)OB(C2=CCC(=N)C=C2)OC1(C)C. The first-order valence-corrected chi connectivity index (χ1v) is 5.63. The van der Waals surface area contributed by atoms with Crippen molar-refractivity contribution in [1.82, 2.24) is 0 Å². The third kappa shape index (κ3) is 1.87. The summed E-state index contributed by atoms with van der Waals surface area (Å²) in [5.41, 5.74) is 1.06. The van der Waals surface area contributed by atoms with Crippen molar-refractivity contribution < 1.29 is 9.31 Å². The second-order valence-corrected chi connectivity index (χ2v) is 5.36. The van der Waals surface area contributed by atoms with Crippen LogP contribution < -0.4 is 0 Å². The Balaban J connectivity index is 2.16. The van der Waals surface area contributed by atoms with Crippen LogP contribution in [0.4, 0.5) is 0 Å². The molecule has 0 unspecified atom stereocenters. The van der Waals surface area contributed by atoms with Crippen LogP contribution in [0, 0.1) is 5.41 Å². The predicted molar refractivity (Wildman–Crippen MR) is 65.6 cm³/mol. The van der Waals surface area contributed by atoms with Crippen molar-refractivity contribution in [3.8, 4) is 0 Å². The lowest BCUT2D eigenvalue weighted by Gasteiger charge is -2.32. The minimum absolute atomic E-state index is 0.294. The zero-order valence-corrected chi connectivity index (χ0v) is 10.3. The minimum Gasteiger partial charge on any atom is -0.399 e. The van der Waals surface area contributed by atoms with Crippen LogP contribution in [0.2, 0.25) is 0 Å². The van der Waals surface area contributed by atoms with E-state index in [-0.39, 0.29) is 18.3 Å². The van der Waals surface area contributed by atoms with Crippen molar-refractivity contribution in [3.63, 3.8) is 0 Å². The summed E-state index contributed by atoms with van der Waals surface area (Å²) in [5, 5.41) is 7.49. The van der Waals surface area contributed by atoms with Gasteiger partial charge in [-0.1, -0.05) is 12.2 Å². The topological polar surface area (TPSA) is 42.3 Å². The summed E-state index contributed by atoms with van der Waals surface area (Å²) in [6.45, 7) is 8.18. The van der Waals surface area contributed by atoms with Gasteiger partial charge < -0.3 is 14.7 Å². The fourth-order valence-corrected chi connectivity index (χ4v) is 1.71. The van der Waals surface area contributed by atoms with Gasteiger partial charge in [0, 0.05) is 12.1 Å². The average Bonchev–Trinajstić information content (AvgIpc) is 2.37. The van der Waals surface area contributed by atoms with Gasteiger partial charge in [-0.25, -0.2) is 0 Å². The lowest BCUT2D eigenvalue weighted by molar-refractivity contribution is 0.00578. The van der Waals surface area contributed by atoms with Crippen LogP contribution in [-0.4, -0.2) is 24.0 Å². The number of nitrogens with one attached hydrogen (secondary N) is 1. The molecular formula is C12H18BNO2. The minimum atomic E-state index is -0.297. The molecule has 0 amide bonds. The van der Waals surface area contributed by atoms with Gasteiger partial charge in [-0.05, 0) is 39.2 Å². The zero-order chi connectivity index (χ0) is 12.0. The molecule has 0 saturated carbocycles. The van der Waals surface area contributed by atoms with Gasteiger partial charge in [-0.2, -0.15) is 0 Å². The molecule has 1 fully saturated rings. The second kappa shape index (κ2) is 3.57. The van der Waals surface area contributed by atoms with E-state index < -0.39 is 0 Å². The molecule has 86 valence electrons. The smallest absolute Gasteiger partial charge is 0.399 e. The predicted octanol–water partition coefficient (Wildman–Crippen LogP) is 2.52. The van der Waals surface area contributed by atoms with Crippen molar-refractivity contribution in [2.24, 2.45) is 0 Å². The van der Waals surface area contributed by atoms with Crippen LogP contribution in [0.15, 0.2) is 23.7 Å². The lowest BCUT2D eigenvalue weighted by atomic mass is 9.75. The van der Waals surface area contributed by atoms with Crippen LogP contribution >= 0.6 is 0 Å². The van der Waals surface area contributed by atoms with Gasteiger partial charge in [0.2, 0.25) is 0 Å². The number of hydrogen-bond donors (Lipinski definition) is 1. The molecule has 3 nitrogen and oxygen atoms in total. The fraction of sp³-hybridized carbons (Fsp3) is 0.583. The third-order valence-electron chi connectivity index (χ3n) is 3.56. The van der Waals surface area contributed by atoms with Crippen LogP contribution in [0.1, 0.15) is 34.1 Å². The summed E-state index contributed by atoms with van der Waals surface area (Å²) in [7, 11) is -0.297. The number of hydrogen-bond acceptors (Lipinski definition) is 3. The molecule has 0 bridgehead atoms. The Morgan fingerprint density at radius 2 is 1.69 bits per heavy atom. The fourth-order valence-electron chi connectivity index (χ4n) is 1.71. The van der Waals surface area contributed by atoms with Crippen molar-refractivity contribution in [1.29, 1.82) is 5.41 Å². The molecule has 2 rings (SSSR count). The maximum Gasteiger partial charge on any atom is 0.494 e. The maximum atomic E-state index is 7.49. The molecule has 1 aliphatic carbocycles. The van der Waals surface area contributed by atoms with E-state index in [2.05, 4.69) is 0 Å². The third-order valence-corrected chi connectivity index (χ3v) is 3.56. The van der Waals surface area contributed by atoms with E-state index >= 15 is 0 Å². The standard InChI is InChI=1S/C12H18BNO2/c1-11(2)12(3,4)16-13(15-11)9-5-7-10(14)8-6-9/h5-7,14H,8H2,1-4H3. The van der Waals surface area contributed by atoms with Crippen molar-refractivity contribution in [3.05, 3.63) is 23.7 Å². The summed E-state index contributed by atoms with van der Waals surface area (Å²) in [5.74, 6) is 0. The van der Waals surface area contributed by atoms with Crippen molar-refractivity contribution in [2.45, 2.75) is 45.3 Å². The first kappa shape index (κ1) is 11.6. The van der Waals surface area contributed by atoms with E-state index in [9.17, 15) is 0 Å². The first-order chi connectivity index (χ1) is 7.32. The Labute approximate surface area is 97.2 Å². The Kier molecular flexibility index (Phi) is 2.59. The van der Waals surface area contributed by atoms with E-state index in [1.807, 2.05) is 39.8 Å². The molecule has 1 saturated heterocycles. The summed E-state index contributed by atoms with van der Waals surface area (Å²) in [4.78, 5) is 0. The molecule has 0 aromatic heterocycles. The van der Waals surface area contributed by atoms with E-state index in [4.69, 9.17) is 14.7 Å². The van der Waals surface area contributed by atoms with Gasteiger partial charge in [0.25, 0.3) is 0 Å². The largest absolute Gasteiger partial charge is 0.494 e. The summed E-state index contributed by atoms with van der Waals surface area (Å²) in [6.07, 6.45) is 6.38. The summed E-state index contributed by atoms with van der Waals surface area (Å²) >= 11 is 0. The molecule has 0 aromatic carbocycles. The lowest BCUT2D eigenvalue weighted by Crippen LogP contribution is -2.41. The second-order valence-electron chi connectivity index (χ2n) is 5.36. The molecule has 4 heteroatoms. The molecule has 1 heterocycles. The van der Waals surface area contributed by atoms with Crippen LogP contribution in [0.25, 0.3) is 0 Å². The zero-order valence-electron chi connectivity index (χ0n) is 10.3. The van der Waals surface area contributed by atoms with Gasteiger partial charge in [-0.3, -0.25) is 0 Å². The van der Waals surface area contributed by atoms with Crippen molar-refractivity contribution in [2.75, 3.05) is 0 Å². The van der Waals surface area contributed by atoms with Crippen LogP contribution in [0.5, 0.6) is 0 Å². The van der Waals surface area contributed by atoms with Gasteiger partial charge in [0.15, 0.2) is 0 Å². The Bertz CT molecular complexity index is 366. The first-order valence-electron chi connectivity index (χ1n) is 5.63. The summed E-state index contributed by atoms with van der Waals surface area (Å²) in [6, 6.07) is 0. The Morgan fingerprint density at radius 3 is 2.12 bits per heavy atom. The Morgan fingerprint density at radius 1 is 1.12 bits per heavy atom. The molecule has 16 heavy (non-hydrogen) atoms. The molecule has 1 aliphatic heterocycles. The highest BCUT2D eigenvalue weighted by molar-refractivity contribution is 6.56. The molecule has 0 atom stereocenters. The van der Waals surface area contributed by atoms with Gasteiger partial charge in [-0.15, -0.1) is 0 Å². The quantitative estimate of drug-likeness (QED) is 0.688. The van der Waals surface area contributed by atoms with E-state index in [1.165, 1.54) is 0 Å². The molecular weight excluding hydrogens is 201 g/mol. The molecule has 0 spiro atoms. The highest BCUT2D eigenvalue weighted by Gasteiger charge is 2.52. The van der Waals surface area contributed by atoms with E-state index in [0.717, 1.165) is 5.47 Å². The molecule has 0 aromatic rings. The van der Waals surface area contributed by atoms with Crippen LogP contribution in [-0.2, 0) is 9.31 Å². The van der Waals surface area contributed by atoms with E-state index in [0.29, 0.717) is 12.1 Å². The normalized spacial score (nSPS) is 27.1. The number of allylic oxidation sites excluding steroid dienone is 4. The summed E-state index contributed by atoms with van der Waals surface area (Å²) < 4.78 is 11.9.